The Hall–Kier alpha value is -2.55. The summed E-state index contributed by atoms with van der Waals surface area (Å²) in [5.74, 6) is 0.108. The average Bonchev–Trinajstić information content (AvgIpc) is 2.98. The number of fused-ring (bicyclic) bond motifs is 1. The van der Waals surface area contributed by atoms with Crippen molar-refractivity contribution < 1.29 is 4.79 Å². The molecule has 3 rings (SSSR count). The molecule has 3 nitrogen and oxygen atoms in total. The Kier molecular flexibility index (Phi) is 4.77. The van der Waals surface area contributed by atoms with Gasteiger partial charge in [-0.2, -0.15) is 0 Å². The minimum absolute atomic E-state index is 0.108. The number of hydrogen-bond acceptors (Lipinski definition) is 1. The zero-order chi connectivity index (χ0) is 16.1. The van der Waals surface area contributed by atoms with Gasteiger partial charge in [0.05, 0.1) is 0 Å². The highest BCUT2D eigenvalue weighted by Crippen LogP contribution is 2.15. The Labute approximate surface area is 136 Å². The van der Waals surface area contributed by atoms with Crippen LogP contribution in [0.4, 0.5) is 0 Å². The Morgan fingerprint density at radius 2 is 1.83 bits per heavy atom. The van der Waals surface area contributed by atoms with Crippen LogP contribution in [0.2, 0.25) is 0 Å². The van der Waals surface area contributed by atoms with Crippen molar-refractivity contribution in [3.8, 4) is 0 Å². The molecule has 3 heteroatoms. The van der Waals surface area contributed by atoms with Crippen LogP contribution in [0.5, 0.6) is 0 Å². The number of hydrogen-bond donors (Lipinski definition) is 1. The summed E-state index contributed by atoms with van der Waals surface area (Å²) >= 11 is 0. The van der Waals surface area contributed by atoms with E-state index in [1.807, 2.05) is 30.5 Å². The van der Waals surface area contributed by atoms with Gasteiger partial charge in [0.1, 0.15) is 0 Å². The molecule has 2 aromatic carbocycles. The van der Waals surface area contributed by atoms with Crippen LogP contribution >= 0.6 is 0 Å². The Morgan fingerprint density at radius 3 is 2.70 bits per heavy atom. The minimum atomic E-state index is 0.108. The van der Waals surface area contributed by atoms with Crippen molar-refractivity contribution in [3.63, 3.8) is 0 Å². The van der Waals surface area contributed by atoms with Crippen LogP contribution in [0.25, 0.3) is 10.9 Å². The van der Waals surface area contributed by atoms with Gasteiger partial charge in [-0.3, -0.25) is 4.79 Å². The quantitative estimate of drug-likeness (QED) is 0.740. The van der Waals surface area contributed by atoms with Gasteiger partial charge in [0.25, 0.3) is 0 Å². The number of carbonyl (C=O) groups excluding carboxylic acids is 1. The molecule has 1 heterocycles. The highest BCUT2D eigenvalue weighted by molar-refractivity contribution is 5.80. The lowest BCUT2D eigenvalue weighted by Gasteiger charge is -2.08. The topological polar surface area (TPSA) is 34.0 Å². The van der Waals surface area contributed by atoms with Crippen molar-refractivity contribution in [2.24, 2.45) is 0 Å². The van der Waals surface area contributed by atoms with E-state index in [9.17, 15) is 4.79 Å². The number of nitrogens with zero attached hydrogens (tertiary/aromatic N) is 1. The van der Waals surface area contributed by atoms with Gasteiger partial charge in [0.2, 0.25) is 5.91 Å². The van der Waals surface area contributed by atoms with Gasteiger partial charge >= 0.3 is 0 Å². The molecule has 0 radical (unpaired) electrons. The first-order valence-corrected chi connectivity index (χ1v) is 8.09. The van der Waals surface area contributed by atoms with Crippen LogP contribution in [0.3, 0.4) is 0 Å². The molecule has 1 N–H and O–H groups in total. The van der Waals surface area contributed by atoms with Crippen molar-refractivity contribution in [2.45, 2.75) is 26.3 Å². The fourth-order valence-corrected chi connectivity index (χ4v) is 2.87. The third-order valence-corrected chi connectivity index (χ3v) is 4.24. The highest BCUT2D eigenvalue weighted by atomic mass is 16.1. The highest BCUT2D eigenvalue weighted by Gasteiger charge is 2.05. The number of rotatable bonds is 6. The third-order valence-electron chi connectivity index (χ3n) is 4.24. The van der Waals surface area contributed by atoms with Crippen molar-refractivity contribution in [1.29, 1.82) is 0 Å². The average molecular weight is 306 g/mol. The first kappa shape index (κ1) is 15.3. The zero-order valence-corrected chi connectivity index (χ0v) is 13.5. The summed E-state index contributed by atoms with van der Waals surface area (Å²) in [6.07, 6.45) is 3.43. The number of aryl methyl sites for hydroxylation is 2. The largest absolute Gasteiger partial charge is 0.356 e. The van der Waals surface area contributed by atoms with Crippen LogP contribution < -0.4 is 5.32 Å². The third kappa shape index (κ3) is 3.81. The summed E-state index contributed by atoms with van der Waals surface area (Å²) in [6, 6.07) is 18.6. The summed E-state index contributed by atoms with van der Waals surface area (Å²) < 4.78 is 2.14. The summed E-state index contributed by atoms with van der Waals surface area (Å²) in [5, 5.41) is 4.23. The van der Waals surface area contributed by atoms with Gasteiger partial charge in [0.15, 0.2) is 0 Å². The SMILES string of the molecule is Cc1ccccc1CCNC(=O)CCn1ccc2ccccc21. The van der Waals surface area contributed by atoms with Gasteiger partial charge in [0, 0.05) is 31.2 Å². The van der Waals surface area contributed by atoms with E-state index in [0.717, 1.165) is 6.42 Å². The number of amides is 1. The monoisotopic (exact) mass is 306 g/mol. The Bertz CT molecular complexity index is 804. The normalized spacial score (nSPS) is 10.8. The van der Waals surface area contributed by atoms with Crippen LogP contribution in [-0.4, -0.2) is 17.0 Å². The predicted octanol–water partition coefficient (Wildman–Crippen LogP) is 3.70. The van der Waals surface area contributed by atoms with E-state index < -0.39 is 0 Å². The molecule has 23 heavy (non-hydrogen) atoms. The second-order valence-electron chi connectivity index (χ2n) is 5.84. The maximum absolute atomic E-state index is 12.0. The molecule has 3 aromatic rings. The lowest BCUT2D eigenvalue weighted by molar-refractivity contribution is -0.121. The summed E-state index contributed by atoms with van der Waals surface area (Å²) in [7, 11) is 0. The Morgan fingerprint density at radius 1 is 1.04 bits per heavy atom. The molecule has 0 unspecified atom stereocenters. The molecular formula is C20H22N2O. The Balaban J connectivity index is 1.47. The molecule has 0 bridgehead atoms. The molecule has 0 spiro atoms. The molecule has 0 aliphatic rings. The second kappa shape index (κ2) is 7.14. The van der Waals surface area contributed by atoms with Crippen LogP contribution in [0.1, 0.15) is 17.5 Å². The number of benzene rings is 2. The van der Waals surface area contributed by atoms with Crippen molar-refractivity contribution in [3.05, 3.63) is 71.9 Å². The van der Waals surface area contributed by atoms with E-state index in [-0.39, 0.29) is 5.91 Å². The smallest absolute Gasteiger partial charge is 0.221 e. The van der Waals surface area contributed by atoms with Crippen molar-refractivity contribution >= 4 is 16.8 Å². The molecular weight excluding hydrogens is 284 g/mol. The molecule has 0 aliphatic heterocycles. The lowest BCUT2D eigenvalue weighted by Crippen LogP contribution is -2.26. The minimum Gasteiger partial charge on any atom is -0.356 e. The zero-order valence-electron chi connectivity index (χ0n) is 13.5. The number of para-hydroxylation sites is 1. The van der Waals surface area contributed by atoms with E-state index in [1.165, 1.54) is 22.0 Å². The molecule has 0 saturated carbocycles. The van der Waals surface area contributed by atoms with E-state index >= 15 is 0 Å². The predicted molar refractivity (Wildman–Crippen MR) is 94.4 cm³/mol. The van der Waals surface area contributed by atoms with E-state index in [2.05, 4.69) is 47.1 Å². The molecule has 1 aromatic heterocycles. The van der Waals surface area contributed by atoms with Gasteiger partial charge in [-0.25, -0.2) is 0 Å². The fraction of sp³-hybridized carbons (Fsp3) is 0.250. The molecule has 0 atom stereocenters. The number of aromatic nitrogens is 1. The lowest BCUT2D eigenvalue weighted by atomic mass is 10.1. The summed E-state index contributed by atoms with van der Waals surface area (Å²) in [5.41, 5.74) is 3.75. The van der Waals surface area contributed by atoms with Crippen LogP contribution in [-0.2, 0) is 17.8 Å². The summed E-state index contributed by atoms with van der Waals surface area (Å²) in [4.78, 5) is 12.0. The van der Waals surface area contributed by atoms with Crippen LogP contribution in [0, 0.1) is 6.92 Å². The van der Waals surface area contributed by atoms with E-state index in [1.54, 1.807) is 0 Å². The standard InChI is InChI=1S/C20H22N2O/c1-16-6-2-3-7-17(16)10-13-21-20(23)12-15-22-14-11-18-8-4-5-9-19(18)22/h2-9,11,14H,10,12-13,15H2,1H3,(H,21,23). The number of carbonyl (C=O) groups is 1. The summed E-state index contributed by atoms with van der Waals surface area (Å²) in [6.45, 7) is 3.51. The molecule has 1 amide bonds. The maximum Gasteiger partial charge on any atom is 0.221 e. The van der Waals surface area contributed by atoms with Gasteiger partial charge in [-0.05, 0) is 42.0 Å². The van der Waals surface area contributed by atoms with Gasteiger partial charge < -0.3 is 9.88 Å². The molecule has 0 fully saturated rings. The van der Waals surface area contributed by atoms with Crippen molar-refractivity contribution in [1.82, 2.24) is 9.88 Å². The van der Waals surface area contributed by atoms with E-state index in [0.29, 0.717) is 19.5 Å². The molecule has 0 saturated heterocycles. The van der Waals surface area contributed by atoms with Crippen molar-refractivity contribution in [2.75, 3.05) is 6.54 Å². The second-order valence-corrected chi connectivity index (χ2v) is 5.84. The first-order chi connectivity index (χ1) is 11.2. The van der Waals surface area contributed by atoms with E-state index in [4.69, 9.17) is 0 Å². The number of nitrogens with one attached hydrogen (secondary N) is 1. The first-order valence-electron chi connectivity index (χ1n) is 8.09. The van der Waals surface area contributed by atoms with Gasteiger partial charge in [-0.15, -0.1) is 0 Å². The maximum atomic E-state index is 12.0. The van der Waals surface area contributed by atoms with Crippen LogP contribution in [0.15, 0.2) is 60.8 Å². The fourth-order valence-electron chi connectivity index (χ4n) is 2.87. The van der Waals surface area contributed by atoms with Gasteiger partial charge in [-0.1, -0.05) is 42.5 Å². The molecule has 118 valence electrons. The molecule has 0 aliphatic carbocycles.